The molecule has 2 aromatic carbocycles. The van der Waals surface area contributed by atoms with Crippen molar-refractivity contribution in [1.82, 2.24) is 9.21 Å². The molecule has 0 aliphatic carbocycles. The molecule has 0 unspecified atom stereocenters. The van der Waals surface area contributed by atoms with Crippen LogP contribution in [0.15, 0.2) is 35.2 Å². The fraction of sp³-hybridized carbons (Fsp3) is 0.364. The van der Waals surface area contributed by atoms with Crippen LogP contribution in [0.4, 0.5) is 16.2 Å². The topological polar surface area (TPSA) is 108 Å². The predicted molar refractivity (Wildman–Crippen MR) is 125 cm³/mol. The molecule has 1 saturated heterocycles. The standard InChI is InChI=1S/C22H25ClN4O5S/c1-13-5-4-6-17(14(13)2)25-22(29)26-7-9-27(10-8-26)33(30,31)20-12-19-18(11-16(20)23)24-21(28)15(3)32-19/h4-6,11-12,15H,7-10H2,1-3H3,(H,24,28)(H,25,29)/t15-/m1/s1. The lowest BCUT2D eigenvalue weighted by Gasteiger charge is -2.34. The minimum absolute atomic E-state index is 0.0118. The number of hydrogen-bond donors (Lipinski definition) is 2. The number of ether oxygens (including phenoxy) is 1. The first-order valence-electron chi connectivity index (χ1n) is 10.5. The van der Waals surface area contributed by atoms with Gasteiger partial charge in [0.05, 0.1) is 10.7 Å². The van der Waals surface area contributed by atoms with Crippen molar-refractivity contribution in [3.05, 3.63) is 46.5 Å². The van der Waals surface area contributed by atoms with E-state index in [2.05, 4.69) is 10.6 Å². The van der Waals surface area contributed by atoms with Crippen LogP contribution in [0.2, 0.25) is 5.02 Å². The van der Waals surface area contributed by atoms with Crippen LogP contribution >= 0.6 is 11.6 Å². The van der Waals surface area contributed by atoms with Gasteiger partial charge in [-0.05, 0) is 44.0 Å². The van der Waals surface area contributed by atoms with E-state index in [9.17, 15) is 18.0 Å². The smallest absolute Gasteiger partial charge is 0.321 e. The first kappa shape index (κ1) is 23.3. The number of carbonyl (C=O) groups is 2. The third-order valence-corrected chi connectivity index (χ3v) is 8.32. The Kier molecular flexibility index (Phi) is 6.26. The van der Waals surface area contributed by atoms with Gasteiger partial charge in [0.2, 0.25) is 10.0 Å². The maximum Gasteiger partial charge on any atom is 0.321 e. The highest BCUT2D eigenvalue weighted by Crippen LogP contribution is 2.38. The third-order valence-electron chi connectivity index (χ3n) is 5.95. The van der Waals surface area contributed by atoms with E-state index in [0.717, 1.165) is 16.8 Å². The van der Waals surface area contributed by atoms with Gasteiger partial charge in [-0.15, -0.1) is 0 Å². The van der Waals surface area contributed by atoms with Crippen molar-refractivity contribution in [3.63, 3.8) is 0 Å². The number of sulfonamides is 1. The number of urea groups is 1. The molecular formula is C22H25ClN4O5S. The molecule has 0 saturated carbocycles. The molecule has 2 heterocycles. The van der Waals surface area contributed by atoms with E-state index in [1.165, 1.54) is 16.4 Å². The molecule has 0 aromatic heterocycles. The number of amides is 3. The molecule has 3 amide bonds. The van der Waals surface area contributed by atoms with Gasteiger partial charge in [0, 0.05) is 37.9 Å². The molecule has 4 rings (SSSR count). The van der Waals surface area contributed by atoms with E-state index in [1.54, 1.807) is 11.8 Å². The van der Waals surface area contributed by atoms with Crippen molar-refractivity contribution < 1.29 is 22.7 Å². The van der Waals surface area contributed by atoms with E-state index >= 15 is 0 Å². The number of carbonyl (C=O) groups excluding carboxylic acids is 2. The summed E-state index contributed by atoms with van der Waals surface area (Å²) in [6.45, 7) is 6.22. The molecule has 33 heavy (non-hydrogen) atoms. The normalized spacial score (nSPS) is 18.8. The Morgan fingerprint density at radius 1 is 1.18 bits per heavy atom. The van der Waals surface area contributed by atoms with Crippen LogP contribution in [0.25, 0.3) is 0 Å². The number of fused-ring (bicyclic) bond motifs is 1. The van der Waals surface area contributed by atoms with Gasteiger partial charge >= 0.3 is 6.03 Å². The van der Waals surface area contributed by atoms with Gasteiger partial charge in [-0.1, -0.05) is 23.7 Å². The first-order valence-corrected chi connectivity index (χ1v) is 12.3. The molecule has 2 aliphatic rings. The number of rotatable bonds is 3. The maximum absolute atomic E-state index is 13.3. The van der Waals surface area contributed by atoms with Crippen molar-refractivity contribution in [3.8, 4) is 5.75 Å². The second-order valence-corrected chi connectivity index (χ2v) is 10.4. The summed E-state index contributed by atoms with van der Waals surface area (Å²) >= 11 is 6.26. The highest BCUT2D eigenvalue weighted by Gasteiger charge is 2.34. The summed E-state index contributed by atoms with van der Waals surface area (Å²) < 4.78 is 33.4. The molecule has 2 aromatic rings. The number of hydrogen-bond acceptors (Lipinski definition) is 5. The van der Waals surface area contributed by atoms with Crippen LogP contribution in [0.3, 0.4) is 0 Å². The lowest BCUT2D eigenvalue weighted by Crippen LogP contribution is -2.51. The van der Waals surface area contributed by atoms with Crippen LogP contribution in [-0.4, -0.2) is 61.8 Å². The Labute approximate surface area is 197 Å². The molecule has 1 fully saturated rings. The summed E-state index contributed by atoms with van der Waals surface area (Å²) in [7, 11) is -3.93. The summed E-state index contributed by atoms with van der Waals surface area (Å²) in [4.78, 5) is 26.0. The molecule has 0 radical (unpaired) electrons. The number of piperazine rings is 1. The number of nitrogens with one attached hydrogen (secondary N) is 2. The fourth-order valence-corrected chi connectivity index (χ4v) is 5.70. The highest BCUT2D eigenvalue weighted by atomic mass is 35.5. The molecule has 9 nitrogen and oxygen atoms in total. The van der Waals surface area contributed by atoms with E-state index in [-0.39, 0.29) is 53.8 Å². The van der Waals surface area contributed by atoms with E-state index in [1.807, 2.05) is 32.0 Å². The second kappa shape index (κ2) is 8.85. The molecule has 11 heteroatoms. The van der Waals surface area contributed by atoms with Crippen LogP contribution in [-0.2, 0) is 14.8 Å². The fourth-order valence-electron chi connectivity index (χ4n) is 3.76. The van der Waals surface area contributed by atoms with Crippen LogP contribution in [0, 0.1) is 13.8 Å². The zero-order valence-corrected chi connectivity index (χ0v) is 20.1. The van der Waals surface area contributed by atoms with Crippen molar-refractivity contribution in [2.45, 2.75) is 31.8 Å². The summed E-state index contributed by atoms with van der Waals surface area (Å²) in [5, 5.41) is 5.54. The molecule has 0 bridgehead atoms. The van der Waals surface area contributed by atoms with Gasteiger partial charge in [0.1, 0.15) is 10.6 Å². The quantitative estimate of drug-likeness (QED) is 0.684. The zero-order chi connectivity index (χ0) is 23.9. The minimum Gasteiger partial charge on any atom is -0.479 e. The van der Waals surface area contributed by atoms with Gasteiger partial charge in [-0.3, -0.25) is 4.79 Å². The largest absolute Gasteiger partial charge is 0.479 e. The average Bonchev–Trinajstić information content (AvgIpc) is 2.77. The molecule has 176 valence electrons. The average molecular weight is 493 g/mol. The Bertz CT molecular complexity index is 1230. The van der Waals surface area contributed by atoms with Gasteiger partial charge in [-0.25, -0.2) is 13.2 Å². The van der Waals surface area contributed by atoms with Gasteiger partial charge in [0.25, 0.3) is 5.91 Å². The highest BCUT2D eigenvalue weighted by molar-refractivity contribution is 7.89. The number of aryl methyl sites for hydroxylation is 1. The van der Waals surface area contributed by atoms with E-state index in [0.29, 0.717) is 5.69 Å². The molecule has 1 atom stereocenters. The minimum atomic E-state index is -3.93. The number of halogens is 1. The van der Waals surface area contributed by atoms with Gasteiger partial charge in [0.15, 0.2) is 6.10 Å². The maximum atomic E-state index is 13.3. The summed E-state index contributed by atoms with van der Waals surface area (Å²) in [5.41, 5.74) is 3.12. The Morgan fingerprint density at radius 2 is 1.88 bits per heavy atom. The van der Waals surface area contributed by atoms with Crippen LogP contribution in [0.1, 0.15) is 18.1 Å². The summed E-state index contributed by atoms with van der Waals surface area (Å²) in [6, 6.07) is 8.13. The van der Waals surface area contributed by atoms with E-state index < -0.39 is 16.1 Å². The lowest BCUT2D eigenvalue weighted by atomic mass is 10.1. The second-order valence-electron chi connectivity index (χ2n) is 8.10. The van der Waals surface area contributed by atoms with Crippen LogP contribution in [0.5, 0.6) is 5.75 Å². The van der Waals surface area contributed by atoms with E-state index in [4.69, 9.17) is 16.3 Å². The Hall–Kier alpha value is -2.82. The number of nitrogens with zero attached hydrogens (tertiary/aromatic N) is 2. The summed E-state index contributed by atoms with van der Waals surface area (Å²) in [5.74, 6) is -0.0824. The zero-order valence-electron chi connectivity index (χ0n) is 18.5. The van der Waals surface area contributed by atoms with Gasteiger partial charge < -0.3 is 20.3 Å². The SMILES string of the molecule is Cc1cccc(NC(=O)N2CCN(S(=O)(=O)c3cc4c(cc3Cl)NC(=O)[C@@H](C)O4)CC2)c1C. The molecular weight excluding hydrogens is 468 g/mol. The number of anilines is 2. The molecule has 2 aliphatic heterocycles. The lowest BCUT2D eigenvalue weighted by molar-refractivity contribution is -0.122. The molecule has 2 N–H and O–H groups in total. The van der Waals surface area contributed by atoms with Crippen molar-refractivity contribution in [1.29, 1.82) is 0 Å². The monoisotopic (exact) mass is 492 g/mol. The van der Waals surface area contributed by atoms with Crippen molar-refractivity contribution >= 4 is 44.9 Å². The predicted octanol–water partition coefficient (Wildman–Crippen LogP) is 3.21. The third kappa shape index (κ3) is 4.50. The number of benzene rings is 2. The molecule has 0 spiro atoms. The Balaban J connectivity index is 1.46. The Morgan fingerprint density at radius 3 is 2.58 bits per heavy atom. The van der Waals surface area contributed by atoms with Crippen LogP contribution < -0.4 is 15.4 Å². The van der Waals surface area contributed by atoms with Crippen molar-refractivity contribution in [2.24, 2.45) is 0 Å². The first-order chi connectivity index (χ1) is 15.6. The van der Waals surface area contributed by atoms with Crippen molar-refractivity contribution in [2.75, 3.05) is 36.8 Å². The van der Waals surface area contributed by atoms with Gasteiger partial charge in [-0.2, -0.15) is 4.31 Å². The summed E-state index contributed by atoms with van der Waals surface area (Å²) in [6.07, 6.45) is -0.742.